The van der Waals surface area contributed by atoms with Crippen LogP contribution in [0, 0.1) is 18.7 Å². The zero-order valence-electron chi connectivity index (χ0n) is 17.5. The van der Waals surface area contributed by atoms with Gasteiger partial charge in [0.05, 0.1) is 12.7 Å². The van der Waals surface area contributed by atoms with Gasteiger partial charge in [-0.1, -0.05) is 0 Å². The molecule has 1 fully saturated rings. The molecule has 2 N–H and O–H groups in total. The van der Waals surface area contributed by atoms with Gasteiger partial charge in [0.2, 0.25) is 0 Å². The molecule has 3 atom stereocenters. The van der Waals surface area contributed by atoms with Crippen molar-refractivity contribution in [3.63, 3.8) is 0 Å². The van der Waals surface area contributed by atoms with Crippen LogP contribution in [-0.2, 0) is 22.4 Å². The van der Waals surface area contributed by atoms with Crippen molar-refractivity contribution in [1.29, 1.82) is 0 Å². The standard InChI is InChI=1S/C21H23FN6O4/c1-11-14-6-12(7-15(14)16(22)9-26-11)8-23-3-2-13-10-28(21(30)31-13)20-18(29)27-17-19(32-20)25-5-4-24-17/h4-5,9,12-13,20,23H,2-3,6-8,10H2,1H3,(H,24,27,29)/t12-,13-,20?/m0/s1. The molecule has 1 saturated heterocycles. The van der Waals surface area contributed by atoms with Gasteiger partial charge in [-0.3, -0.25) is 14.7 Å². The number of hydrogen-bond acceptors (Lipinski definition) is 8. The average molecular weight is 442 g/mol. The Morgan fingerprint density at radius 2 is 2.00 bits per heavy atom. The molecule has 2 aliphatic heterocycles. The quantitative estimate of drug-likeness (QED) is 0.641. The van der Waals surface area contributed by atoms with Gasteiger partial charge >= 0.3 is 6.09 Å². The van der Waals surface area contributed by atoms with Crippen LogP contribution in [0.3, 0.4) is 0 Å². The highest BCUT2D eigenvalue weighted by atomic mass is 19.1. The number of anilines is 1. The number of cyclic esters (lactones) is 1. The molecule has 0 bridgehead atoms. The topological polar surface area (TPSA) is 119 Å². The van der Waals surface area contributed by atoms with Crippen molar-refractivity contribution in [1.82, 2.24) is 25.2 Å². The van der Waals surface area contributed by atoms with Crippen molar-refractivity contribution in [2.45, 2.75) is 38.5 Å². The maximum Gasteiger partial charge on any atom is 0.413 e. The van der Waals surface area contributed by atoms with E-state index in [1.807, 2.05) is 6.92 Å². The van der Waals surface area contributed by atoms with Gasteiger partial charge in [0.15, 0.2) is 5.82 Å². The van der Waals surface area contributed by atoms with Crippen LogP contribution in [0.2, 0.25) is 0 Å². The van der Waals surface area contributed by atoms with Crippen LogP contribution in [-0.4, -0.2) is 63.8 Å². The van der Waals surface area contributed by atoms with Crippen LogP contribution in [0.15, 0.2) is 18.6 Å². The minimum atomic E-state index is -1.15. The zero-order valence-corrected chi connectivity index (χ0v) is 17.5. The number of carbonyl (C=O) groups is 2. The summed E-state index contributed by atoms with van der Waals surface area (Å²) in [5.41, 5.74) is 2.69. The third kappa shape index (κ3) is 3.83. The molecule has 32 heavy (non-hydrogen) atoms. The monoisotopic (exact) mass is 442 g/mol. The van der Waals surface area contributed by atoms with Gasteiger partial charge in [-0.15, -0.1) is 0 Å². The molecule has 0 radical (unpaired) electrons. The molecule has 10 nitrogen and oxygen atoms in total. The van der Waals surface area contributed by atoms with Crippen molar-refractivity contribution in [3.8, 4) is 5.88 Å². The minimum absolute atomic E-state index is 0.162. The van der Waals surface area contributed by atoms with Gasteiger partial charge in [0, 0.05) is 18.1 Å². The number of rotatable bonds is 6. The molecule has 0 saturated carbocycles. The van der Waals surface area contributed by atoms with E-state index >= 15 is 0 Å². The fraction of sp³-hybridized carbons (Fsp3) is 0.476. The van der Waals surface area contributed by atoms with Crippen molar-refractivity contribution >= 4 is 17.8 Å². The third-order valence-corrected chi connectivity index (χ3v) is 6.06. The molecule has 2 aromatic rings. The van der Waals surface area contributed by atoms with E-state index in [9.17, 15) is 14.0 Å². The summed E-state index contributed by atoms with van der Waals surface area (Å²) in [6.07, 6.45) is 4.16. The molecular formula is C21H23FN6O4. The summed E-state index contributed by atoms with van der Waals surface area (Å²) in [6.45, 7) is 3.51. The molecule has 2 amide bonds. The van der Waals surface area contributed by atoms with Gasteiger partial charge in [-0.05, 0) is 56.3 Å². The van der Waals surface area contributed by atoms with E-state index in [-0.39, 0.29) is 30.2 Å². The first-order valence-electron chi connectivity index (χ1n) is 10.6. The number of aryl methyl sites for hydroxylation is 1. The molecule has 168 valence electrons. The summed E-state index contributed by atoms with van der Waals surface area (Å²) in [7, 11) is 0. The van der Waals surface area contributed by atoms with Crippen LogP contribution >= 0.6 is 0 Å². The number of ether oxygens (including phenoxy) is 2. The van der Waals surface area contributed by atoms with E-state index < -0.39 is 18.2 Å². The van der Waals surface area contributed by atoms with Gasteiger partial charge in [0.25, 0.3) is 18.0 Å². The Bertz CT molecular complexity index is 1040. The van der Waals surface area contributed by atoms with Crippen LogP contribution in [0.1, 0.15) is 23.2 Å². The lowest BCUT2D eigenvalue weighted by Gasteiger charge is -2.28. The summed E-state index contributed by atoms with van der Waals surface area (Å²) >= 11 is 0. The molecule has 5 rings (SSSR count). The van der Waals surface area contributed by atoms with Crippen molar-refractivity contribution in [2.24, 2.45) is 5.92 Å². The fourth-order valence-electron chi connectivity index (χ4n) is 4.45. The normalized spacial score (nSPS) is 23.9. The highest BCUT2D eigenvalue weighted by molar-refractivity contribution is 5.97. The molecule has 0 aromatic carbocycles. The Labute approximate surface area is 183 Å². The van der Waals surface area contributed by atoms with E-state index in [0.29, 0.717) is 25.3 Å². The van der Waals surface area contributed by atoms with E-state index in [2.05, 4.69) is 25.6 Å². The smallest absolute Gasteiger partial charge is 0.413 e. The van der Waals surface area contributed by atoms with E-state index in [0.717, 1.165) is 29.8 Å². The number of fused-ring (bicyclic) bond motifs is 2. The lowest BCUT2D eigenvalue weighted by atomic mass is 10.1. The Morgan fingerprint density at radius 1 is 1.19 bits per heavy atom. The summed E-state index contributed by atoms with van der Waals surface area (Å²) < 4.78 is 25.0. The van der Waals surface area contributed by atoms with Gasteiger partial charge < -0.3 is 20.1 Å². The molecule has 0 spiro atoms. The maximum absolute atomic E-state index is 14.0. The third-order valence-electron chi connectivity index (χ3n) is 6.06. The van der Waals surface area contributed by atoms with E-state index in [1.54, 1.807) is 0 Å². The SMILES string of the molecule is Cc1ncc(F)c2c1C[C@H](CNCC[C@H]1CN(C3Oc4nccnc4NC3=O)C(=O)O1)C2. The Balaban J connectivity index is 1.10. The number of halogens is 1. The number of nitrogens with zero attached hydrogens (tertiary/aromatic N) is 4. The van der Waals surface area contributed by atoms with Crippen LogP contribution in [0.4, 0.5) is 15.0 Å². The maximum atomic E-state index is 14.0. The Kier molecular flexibility index (Phi) is 5.33. The van der Waals surface area contributed by atoms with Crippen molar-refractivity contribution in [2.75, 3.05) is 25.0 Å². The van der Waals surface area contributed by atoms with E-state index in [1.165, 1.54) is 23.5 Å². The number of hydrogen-bond donors (Lipinski definition) is 2. The lowest BCUT2D eigenvalue weighted by molar-refractivity contribution is -0.130. The van der Waals surface area contributed by atoms with Gasteiger partial charge in [0.1, 0.15) is 11.9 Å². The molecule has 11 heteroatoms. The first-order valence-corrected chi connectivity index (χ1v) is 10.6. The number of amides is 2. The molecule has 1 aliphatic carbocycles. The Morgan fingerprint density at radius 3 is 2.84 bits per heavy atom. The minimum Gasteiger partial charge on any atom is -0.444 e. The first kappa shape index (κ1) is 20.6. The predicted molar refractivity (Wildman–Crippen MR) is 109 cm³/mol. The second kappa shape index (κ2) is 8.30. The molecule has 3 aliphatic rings. The zero-order chi connectivity index (χ0) is 22.2. The van der Waals surface area contributed by atoms with Crippen molar-refractivity contribution < 1.29 is 23.5 Å². The summed E-state index contributed by atoms with van der Waals surface area (Å²) in [4.78, 5) is 38.0. The van der Waals surface area contributed by atoms with Crippen LogP contribution in [0.5, 0.6) is 5.88 Å². The average Bonchev–Trinajstić information content (AvgIpc) is 3.38. The predicted octanol–water partition coefficient (Wildman–Crippen LogP) is 1.19. The van der Waals surface area contributed by atoms with Gasteiger partial charge in [-0.2, -0.15) is 0 Å². The first-order chi connectivity index (χ1) is 15.5. The molecule has 4 heterocycles. The van der Waals surface area contributed by atoms with Crippen LogP contribution < -0.4 is 15.4 Å². The molecule has 1 unspecified atom stereocenters. The van der Waals surface area contributed by atoms with Gasteiger partial charge in [-0.25, -0.2) is 19.2 Å². The second-order valence-corrected chi connectivity index (χ2v) is 8.24. The summed E-state index contributed by atoms with van der Waals surface area (Å²) in [5.74, 6) is -0.0258. The number of carbonyl (C=O) groups excluding carboxylic acids is 2. The van der Waals surface area contributed by atoms with Crippen molar-refractivity contribution in [3.05, 3.63) is 41.2 Å². The lowest BCUT2D eigenvalue weighted by Crippen LogP contribution is -2.51. The molecular weight excluding hydrogens is 419 g/mol. The van der Waals surface area contributed by atoms with E-state index in [4.69, 9.17) is 9.47 Å². The summed E-state index contributed by atoms with van der Waals surface area (Å²) in [6, 6.07) is 0. The second-order valence-electron chi connectivity index (χ2n) is 8.24. The number of nitrogens with one attached hydrogen (secondary N) is 2. The summed E-state index contributed by atoms with van der Waals surface area (Å²) in [5, 5.41) is 5.97. The largest absolute Gasteiger partial charge is 0.444 e. The Hall–Kier alpha value is -3.34. The van der Waals surface area contributed by atoms with Crippen LogP contribution in [0.25, 0.3) is 0 Å². The highest BCUT2D eigenvalue weighted by Crippen LogP contribution is 2.30. The number of aromatic nitrogens is 3. The number of pyridine rings is 1. The fourth-order valence-corrected chi connectivity index (χ4v) is 4.45. The molecule has 2 aromatic heterocycles. The highest BCUT2D eigenvalue weighted by Gasteiger charge is 2.43.